The molecule has 1 aliphatic carbocycles. The molecule has 2 heteroatoms. The normalized spacial score (nSPS) is 35.0. The fourth-order valence-corrected chi connectivity index (χ4v) is 3.51. The first kappa shape index (κ1) is 11.1. The molecule has 1 aromatic carbocycles. The molecular weight excluding hydrogens is 210 g/mol. The van der Waals surface area contributed by atoms with Crippen molar-refractivity contribution >= 4 is 0 Å². The quantitative estimate of drug-likeness (QED) is 0.801. The largest absolute Gasteiger partial charge is 0.487 e. The summed E-state index contributed by atoms with van der Waals surface area (Å²) in [5.41, 5.74) is 2.76. The van der Waals surface area contributed by atoms with Crippen molar-refractivity contribution in [2.24, 2.45) is 5.92 Å². The van der Waals surface area contributed by atoms with Gasteiger partial charge in [0, 0.05) is 18.0 Å². The first-order valence-electron chi connectivity index (χ1n) is 6.59. The van der Waals surface area contributed by atoms with E-state index in [9.17, 15) is 0 Å². The summed E-state index contributed by atoms with van der Waals surface area (Å²) in [6, 6.07) is 6.99. The third-order valence-corrected chi connectivity index (χ3v) is 4.23. The Morgan fingerprint density at radius 3 is 2.71 bits per heavy atom. The Hall–Kier alpha value is -1.02. The Morgan fingerprint density at radius 2 is 2.06 bits per heavy atom. The van der Waals surface area contributed by atoms with Crippen molar-refractivity contribution in [2.45, 2.75) is 44.8 Å². The van der Waals surface area contributed by atoms with Gasteiger partial charge >= 0.3 is 0 Å². The highest BCUT2D eigenvalue weighted by molar-refractivity contribution is 5.42. The summed E-state index contributed by atoms with van der Waals surface area (Å²) < 4.78 is 6.27. The van der Waals surface area contributed by atoms with E-state index in [-0.39, 0.29) is 5.60 Å². The van der Waals surface area contributed by atoms with Crippen LogP contribution in [0.1, 0.15) is 43.4 Å². The molecule has 1 fully saturated rings. The first-order chi connectivity index (χ1) is 8.12. The lowest BCUT2D eigenvalue weighted by Gasteiger charge is -2.51. The molecule has 92 valence electrons. The molecule has 2 nitrogen and oxygen atoms in total. The van der Waals surface area contributed by atoms with Crippen molar-refractivity contribution in [3.05, 3.63) is 29.3 Å². The summed E-state index contributed by atoms with van der Waals surface area (Å²) in [6.45, 7) is 4.45. The highest BCUT2D eigenvalue weighted by atomic mass is 16.5. The molecule has 1 saturated carbocycles. The second kappa shape index (κ2) is 3.74. The monoisotopic (exact) mass is 231 g/mol. The van der Waals surface area contributed by atoms with Gasteiger partial charge < -0.3 is 10.1 Å². The Morgan fingerprint density at radius 1 is 1.29 bits per heavy atom. The van der Waals surface area contributed by atoms with Gasteiger partial charge in [-0.25, -0.2) is 0 Å². The van der Waals surface area contributed by atoms with Gasteiger partial charge in [0.1, 0.15) is 11.4 Å². The first-order valence-corrected chi connectivity index (χ1v) is 6.59. The number of rotatable bonds is 1. The second-order valence-electron chi connectivity index (χ2n) is 5.89. The molecule has 1 unspecified atom stereocenters. The molecule has 1 spiro atoms. The van der Waals surface area contributed by atoms with E-state index >= 15 is 0 Å². The van der Waals surface area contributed by atoms with Crippen LogP contribution in [0.2, 0.25) is 0 Å². The zero-order chi connectivity index (χ0) is 12.0. The fourth-order valence-electron chi connectivity index (χ4n) is 3.51. The third kappa shape index (κ3) is 1.75. The fraction of sp³-hybridized carbons (Fsp3) is 0.600. The smallest absolute Gasteiger partial charge is 0.124 e. The van der Waals surface area contributed by atoms with Crippen LogP contribution in [0.4, 0.5) is 0 Å². The van der Waals surface area contributed by atoms with Gasteiger partial charge in [-0.15, -0.1) is 0 Å². The SMILES string of the molecule is CNC1CC2(CC(C)C2)Oc2ccc(C)cc21. The molecule has 3 rings (SSSR count). The second-order valence-corrected chi connectivity index (χ2v) is 5.89. The van der Waals surface area contributed by atoms with Crippen molar-refractivity contribution in [3.8, 4) is 5.75 Å². The number of hydrogen-bond acceptors (Lipinski definition) is 2. The minimum atomic E-state index is 0.120. The summed E-state index contributed by atoms with van der Waals surface area (Å²) in [5.74, 6) is 1.91. The average molecular weight is 231 g/mol. The molecule has 1 heterocycles. The molecule has 0 amide bonds. The van der Waals surface area contributed by atoms with Crippen LogP contribution in [0.3, 0.4) is 0 Å². The van der Waals surface area contributed by atoms with Crippen LogP contribution in [0, 0.1) is 12.8 Å². The van der Waals surface area contributed by atoms with Crippen LogP contribution in [-0.2, 0) is 0 Å². The van der Waals surface area contributed by atoms with Gasteiger partial charge in [-0.05, 0) is 38.8 Å². The zero-order valence-electron chi connectivity index (χ0n) is 10.9. The number of benzene rings is 1. The summed E-state index contributed by atoms with van der Waals surface area (Å²) in [6.07, 6.45) is 3.53. The van der Waals surface area contributed by atoms with Crippen LogP contribution in [0.5, 0.6) is 5.75 Å². The minimum Gasteiger partial charge on any atom is -0.487 e. The summed E-state index contributed by atoms with van der Waals surface area (Å²) in [7, 11) is 2.05. The Balaban J connectivity index is 1.95. The number of hydrogen-bond donors (Lipinski definition) is 1. The molecule has 17 heavy (non-hydrogen) atoms. The van der Waals surface area contributed by atoms with E-state index in [1.807, 2.05) is 0 Å². The van der Waals surface area contributed by atoms with Gasteiger partial charge in [-0.3, -0.25) is 0 Å². The van der Waals surface area contributed by atoms with E-state index in [4.69, 9.17) is 4.74 Å². The van der Waals surface area contributed by atoms with Gasteiger partial charge in [-0.2, -0.15) is 0 Å². The lowest BCUT2D eigenvalue weighted by atomic mass is 9.67. The molecule has 0 aromatic heterocycles. The maximum absolute atomic E-state index is 6.27. The van der Waals surface area contributed by atoms with E-state index in [1.165, 1.54) is 24.0 Å². The van der Waals surface area contributed by atoms with Crippen LogP contribution in [0.15, 0.2) is 18.2 Å². The van der Waals surface area contributed by atoms with Gasteiger partial charge in [0.25, 0.3) is 0 Å². The van der Waals surface area contributed by atoms with E-state index in [1.54, 1.807) is 0 Å². The standard InChI is InChI=1S/C15H21NO/c1-10-4-5-14-12(6-10)13(16-3)9-15(17-14)7-11(2)8-15/h4-6,11,13,16H,7-9H2,1-3H3. The molecule has 2 aliphatic rings. The van der Waals surface area contributed by atoms with Gasteiger partial charge in [0.2, 0.25) is 0 Å². The summed E-state index contributed by atoms with van der Waals surface area (Å²) >= 11 is 0. The number of aryl methyl sites for hydroxylation is 1. The third-order valence-electron chi connectivity index (χ3n) is 4.23. The van der Waals surface area contributed by atoms with Crippen molar-refractivity contribution in [2.75, 3.05) is 7.05 Å². The van der Waals surface area contributed by atoms with Gasteiger partial charge in [0.05, 0.1) is 0 Å². The topological polar surface area (TPSA) is 21.3 Å². The Labute approximate surface area is 103 Å². The Bertz CT molecular complexity index is 435. The molecule has 1 atom stereocenters. The van der Waals surface area contributed by atoms with E-state index in [0.717, 1.165) is 18.1 Å². The number of nitrogens with one attached hydrogen (secondary N) is 1. The molecule has 1 aliphatic heterocycles. The molecular formula is C15H21NO. The van der Waals surface area contributed by atoms with E-state index in [2.05, 4.69) is 44.4 Å². The summed E-state index contributed by atoms with van der Waals surface area (Å²) in [5, 5.41) is 3.45. The molecule has 0 saturated heterocycles. The van der Waals surface area contributed by atoms with Crippen molar-refractivity contribution in [3.63, 3.8) is 0 Å². The highest BCUT2D eigenvalue weighted by Gasteiger charge is 2.48. The van der Waals surface area contributed by atoms with Crippen LogP contribution in [0.25, 0.3) is 0 Å². The lowest BCUT2D eigenvalue weighted by Crippen LogP contribution is -2.52. The number of fused-ring (bicyclic) bond motifs is 1. The van der Waals surface area contributed by atoms with Crippen molar-refractivity contribution in [1.29, 1.82) is 0 Å². The van der Waals surface area contributed by atoms with Crippen LogP contribution in [-0.4, -0.2) is 12.6 Å². The molecule has 0 radical (unpaired) electrons. The van der Waals surface area contributed by atoms with E-state index in [0.29, 0.717) is 6.04 Å². The van der Waals surface area contributed by atoms with Crippen LogP contribution < -0.4 is 10.1 Å². The minimum absolute atomic E-state index is 0.120. The van der Waals surface area contributed by atoms with Gasteiger partial charge in [-0.1, -0.05) is 24.6 Å². The summed E-state index contributed by atoms with van der Waals surface area (Å²) in [4.78, 5) is 0. The van der Waals surface area contributed by atoms with Gasteiger partial charge in [0.15, 0.2) is 0 Å². The Kier molecular flexibility index (Phi) is 2.44. The number of ether oxygens (including phenoxy) is 1. The van der Waals surface area contributed by atoms with Crippen molar-refractivity contribution in [1.82, 2.24) is 5.32 Å². The average Bonchev–Trinajstić information content (AvgIpc) is 2.27. The van der Waals surface area contributed by atoms with E-state index < -0.39 is 0 Å². The molecule has 1 aromatic rings. The maximum Gasteiger partial charge on any atom is 0.124 e. The lowest BCUT2D eigenvalue weighted by molar-refractivity contribution is -0.0684. The highest BCUT2D eigenvalue weighted by Crippen LogP contribution is 2.51. The molecule has 1 N–H and O–H groups in total. The maximum atomic E-state index is 6.27. The zero-order valence-corrected chi connectivity index (χ0v) is 10.9. The van der Waals surface area contributed by atoms with Crippen molar-refractivity contribution < 1.29 is 4.74 Å². The predicted octanol–water partition coefficient (Wildman–Crippen LogP) is 3.21. The van der Waals surface area contributed by atoms with Crippen LogP contribution >= 0.6 is 0 Å². The molecule has 0 bridgehead atoms. The predicted molar refractivity (Wildman–Crippen MR) is 69.4 cm³/mol.